The molecule has 118 valence electrons. The van der Waals surface area contributed by atoms with Gasteiger partial charge in [-0.25, -0.2) is 8.42 Å². The third kappa shape index (κ3) is 4.25. The van der Waals surface area contributed by atoms with Crippen molar-refractivity contribution in [2.75, 3.05) is 24.2 Å². The summed E-state index contributed by atoms with van der Waals surface area (Å²) >= 11 is 5.94. The SMILES string of the molecule is CCNC(=O)C(C)N(c1cc(Cl)ccc1OC)S(C)(=O)=O. The Bertz CT molecular complexity index is 619. The largest absolute Gasteiger partial charge is 0.495 e. The van der Waals surface area contributed by atoms with Crippen molar-refractivity contribution in [2.24, 2.45) is 0 Å². The van der Waals surface area contributed by atoms with Crippen molar-refractivity contribution >= 4 is 33.2 Å². The molecule has 8 heteroatoms. The van der Waals surface area contributed by atoms with Gasteiger partial charge in [0.2, 0.25) is 15.9 Å². The number of benzene rings is 1. The van der Waals surface area contributed by atoms with E-state index in [1.165, 1.54) is 20.1 Å². The molecule has 0 saturated heterocycles. The Hall–Kier alpha value is -1.47. The summed E-state index contributed by atoms with van der Waals surface area (Å²) in [4.78, 5) is 12.0. The number of hydrogen-bond acceptors (Lipinski definition) is 4. The average Bonchev–Trinajstić information content (AvgIpc) is 2.37. The van der Waals surface area contributed by atoms with E-state index in [2.05, 4.69) is 5.32 Å². The minimum absolute atomic E-state index is 0.228. The number of sulfonamides is 1. The van der Waals surface area contributed by atoms with Gasteiger partial charge in [-0.2, -0.15) is 0 Å². The number of carbonyl (C=O) groups is 1. The number of hydrogen-bond donors (Lipinski definition) is 1. The maximum Gasteiger partial charge on any atom is 0.243 e. The highest BCUT2D eigenvalue weighted by Gasteiger charge is 2.31. The molecule has 0 aliphatic carbocycles. The maximum atomic E-state index is 12.1. The fourth-order valence-corrected chi connectivity index (χ4v) is 3.27. The van der Waals surface area contributed by atoms with Crippen LogP contribution in [0.5, 0.6) is 5.75 Å². The van der Waals surface area contributed by atoms with Gasteiger partial charge in [0.25, 0.3) is 0 Å². The van der Waals surface area contributed by atoms with Crippen molar-refractivity contribution in [3.8, 4) is 5.75 Å². The monoisotopic (exact) mass is 334 g/mol. The van der Waals surface area contributed by atoms with Crippen molar-refractivity contribution in [1.82, 2.24) is 5.32 Å². The smallest absolute Gasteiger partial charge is 0.243 e. The lowest BCUT2D eigenvalue weighted by atomic mass is 10.2. The summed E-state index contributed by atoms with van der Waals surface area (Å²) in [5.74, 6) is -0.0778. The van der Waals surface area contributed by atoms with E-state index in [1.54, 1.807) is 19.1 Å². The first-order valence-electron chi connectivity index (χ1n) is 6.33. The number of carbonyl (C=O) groups excluding carboxylic acids is 1. The van der Waals surface area contributed by atoms with E-state index in [0.717, 1.165) is 10.6 Å². The van der Waals surface area contributed by atoms with Gasteiger partial charge in [-0.05, 0) is 32.0 Å². The molecule has 0 saturated carbocycles. The second kappa shape index (κ2) is 7.00. The standard InChI is InChI=1S/C13H19ClN2O4S/c1-5-15-13(17)9(2)16(21(4,18)19)11-8-10(14)6-7-12(11)20-3/h6-9H,5H2,1-4H3,(H,15,17). The summed E-state index contributed by atoms with van der Waals surface area (Å²) in [5, 5.41) is 2.95. The number of rotatable bonds is 6. The molecule has 1 amide bonds. The highest BCUT2D eigenvalue weighted by molar-refractivity contribution is 7.92. The van der Waals surface area contributed by atoms with Gasteiger partial charge in [-0.15, -0.1) is 0 Å². The molecule has 0 aliphatic rings. The Balaban J connectivity index is 3.40. The predicted octanol–water partition coefficient (Wildman–Crippen LogP) is 1.64. The van der Waals surface area contributed by atoms with Crippen LogP contribution in [0.25, 0.3) is 0 Å². The van der Waals surface area contributed by atoms with Gasteiger partial charge in [-0.1, -0.05) is 11.6 Å². The zero-order valence-corrected chi connectivity index (χ0v) is 14.0. The summed E-state index contributed by atoms with van der Waals surface area (Å²) in [6.45, 7) is 3.68. The molecule has 0 bridgehead atoms. The molecule has 1 rings (SSSR count). The fourth-order valence-electron chi connectivity index (χ4n) is 1.94. The topological polar surface area (TPSA) is 75.7 Å². The molecule has 0 aromatic heterocycles. The van der Waals surface area contributed by atoms with Crippen LogP contribution in [0.1, 0.15) is 13.8 Å². The van der Waals surface area contributed by atoms with E-state index < -0.39 is 22.0 Å². The highest BCUT2D eigenvalue weighted by Crippen LogP contribution is 2.34. The van der Waals surface area contributed by atoms with E-state index >= 15 is 0 Å². The predicted molar refractivity (Wildman–Crippen MR) is 83.5 cm³/mol. The second-order valence-corrected chi connectivity index (χ2v) is 6.74. The Kier molecular flexibility index (Phi) is 5.86. The molecule has 1 N–H and O–H groups in total. The van der Waals surface area contributed by atoms with Crippen LogP contribution in [-0.2, 0) is 14.8 Å². The van der Waals surface area contributed by atoms with Crippen LogP contribution in [0.2, 0.25) is 5.02 Å². The fraction of sp³-hybridized carbons (Fsp3) is 0.462. The minimum atomic E-state index is -3.70. The van der Waals surface area contributed by atoms with E-state index in [9.17, 15) is 13.2 Å². The lowest BCUT2D eigenvalue weighted by Gasteiger charge is -2.29. The lowest BCUT2D eigenvalue weighted by Crippen LogP contribution is -2.48. The number of halogens is 1. The molecule has 6 nitrogen and oxygen atoms in total. The molecular formula is C13H19ClN2O4S. The van der Waals surface area contributed by atoms with Crippen LogP contribution in [0.4, 0.5) is 5.69 Å². The van der Waals surface area contributed by atoms with E-state index in [0.29, 0.717) is 17.3 Å². The Labute approximate surface area is 130 Å². The number of nitrogens with zero attached hydrogens (tertiary/aromatic N) is 1. The molecular weight excluding hydrogens is 316 g/mol. The second-order valence-electron chi connectivity index (χ2n) is 4.45. The minimum Gasteiger partial charge on any atom is -0.495 e. The molecule has 0 aliphatic heterocycles. The van der Waals surface area contributed by atoms with E-state index in [-0.39, 0.29) is 5.69 Å². The average molecular weight is 335 g/mol. The van der Waals surface area contributed by atoms with Gasteiger partial charge >= 0.3 is 0 Å². The van der Waals surface area contributed by atoms with E-state index in [1.807, 2.05) is 0 Å². The van der Waals surface area contributed by atoms with Crippen LogP contribution >= 0.6 is 11.6 Å². The van der Waals surface area contributed by atoms with Gasteiger partial charge in [-0.3, -0.25) is 9.10 Å². The van der Waals surface area contributed by atoms with Crippen LogP contribution < -0.4 is 14.4 Å². The summed E-state index contributed by atoms with van der Waals surface area (Å²) in [5.41, 5.74) is 0.228. The van der Waals surface area contributed by atoms with Crippen molar-refractivity contribution in [1.29, 1.82) is 0 Å². The number of anilines is 1. The molecule has 1 unspecified atom stereocenters. The maximum absolute atomic E-state index is 12.1. The third-order valence-corrected chi connectivity index (χ3v) is 4.28. The summed E-state index contributed by atoms with van der Waals surface area (Å²) in [6.07, 6.45) is 1.03. The highest BCUT2D eigenvalue weighted by atomic mass is 35.5. The number of likely N-dealkylation sites (N-methyl/N-ethyl adjacent to an activating group) is 1. The Morgan fingerprint density at radius 1 is 1.48 bits per heavy atom. The van der Waals surface area contributed by atoms with Crippen molar-refractivity contribution in [3.05, 3.63) is 23.2 Å². The van der Waals surface area contributed by atoms with Gasteiger partial charge < -0.3 is 10.1 Å². The van der Waals surface area contributed by atoms with Crippen molar-refractivity contribution < 1.29 is 17.9 Å². The first-order valence-corrected chi connectivity index (χ1v) is 8.55. The molecule has 0 fully saturated rings. The third-order valence-electron chi connectivity index (χ3n) is 2.82. The summed E-state index contributed by atoms with van der Waals surface area (Å²) in [6, 6.07) is 3.67. The Morgan fingerprint density at radius 3 is 2.57 bits per heavy atom. The molecule has 1 atom stereocenters. The number of nitrogens with one attached hydrogen (secondary N) is 1. The molecule has 0 heterocycles. The zero-order valence-electron chi connectivity index (χ0n) is 12.4. The summed E-state index contributed by atoms with van der Waals surface area (Å²) < 4.78 is 30.4. The molecule has 1 aromatic carbocycles. The van der Waals surface area contributed by atoms with Crippen LogP contribution in [0.3, 0.4) is 0 Å². The van der Waals surface area contributed by atoms with Crippen molar-refractivity contribution in [3.63, 3.8) is 0 Å². The van der Waals surface area contributed by atoms with Gasteiger partial charge in [0.05, 0.1) is 19.1 Å². The van der Waals surface area contributed by atoms with Gasteiger partial charge in [0.1, 0.15) is 11.8 Å². The first-order chi connectivity index (χ1) is 9.72. The zero-order chi connectivity index (χ0) is 16.2. The normalized spacial score (nSPS) is 12.6. The number of amides is 1. The first kappa shape index (κ1) is 17.6. The molecule has 0 radical (unpaired) electrons. The van der Waals surface area contributed by atoms with Crippen LogP contribution in [0.15, 0.2) is 18.2 Å². The van der Waals surface area contributed by atoms with Crippen LogP contribution in [0, 0.1) is 0 Å². The molecule has 0 spiro atoms. The molecule has 21 heavy (non-hydrogen) atoms. The quantitative estimate of drug-likeness (QED) is 0.858. The van der Waals surface area contributed by atoms with Gasteiger partial charge in [0, 0.05) is 11.6 Å². The Morgan fingerprint density at radius 2 is 2.10 bits per heavy atom. The van der Waals surface area contributed by atoms with E-state index in [4.69, 9.17) is 16.3 Å². The van der Waals surface area contributed by atoms with Gasteiger partial charge in [0.15, 0.2) is 0 Å². The number of ether oxygens (including phenoxy) is 1. The summed E-state index contributed by atoms with van der Waals surface area (Å²) in [7, 11) is -2.28. The van der Waals surface area contributed by atoms with Crippen molar-refractivity contribution in [2.45, 2.75) is 19.9 Å². The lowest BCUT2D eigenvalue weighted by molar-refractivity contribution is -0.121. The molecule has 1 aromatic rings. The van der Waals surface area contributed by atoms with Crippen LogP contribution in [-0.4, -0.2) is 40.3 Å². The number of methoxy groups -OCH3 is 1.